The largest absolute Gasteiger partial charge is 0.497 e. The minimum atomic E-state index is -1.05. The number of carboxylic acid groups (broad SMARTS) is 1. The Hall–Kier alpha value is -2.66. The third-order valence-electron chi connectivity index (χ3n) is 3.48. The van der Waals surface area contributed by atoms with Crippen LogP contribution in [0.4, 0.5) is 4.39 Å². The molecule has 0 atom stereocenters. The maximum Gasteiger partial charge on any atom is 0.335 e. The summed E-state index contributed by atoms with van der Waals surface area (Å²) >= 11 is 6.13. The standard InChI is InChI=1S/C17H11ClFNO3/c1-23-11-6-7-13-12(8-11)14(18)15(19)16(20-13)9-2-4-10(5-3-9)17(21)22/h2-8H,1H3,(H,21,22). The normalized spacial score (nSPS) is 10.7. The summed E-state index contributed by atoms with van der Waals surface area (Å²) in [6.45, 7) is 0. The van der Waals surface area contributed by atoms with E-state index in [2.05, 4.69) is 4.98 Å². The lowest BCUT2D eigenvalue weighted by Crippen LogP contribution is -1.97. The monoisotopic (exact) mass is 331 g/mol. The SMILES string of the molecule is COc1ccc2nc(-c3ccc(C(=O)O)cc3)c(F)c(Cl)c2c1. The van der Waals surface area contributed by atoms with Crippen LogP contribution >= 0.6 is 11.6 Å². The van der Waals surface area contributed by atoms with Crippen molar-refractivity contribution in [1.29, 1.82) is 0 Å². The molecule has 0 spiro atoms. The first kappa shape index (κ1) is 15.2. The third-order valence-corrected chi connectivity index (χ3v) is 3.85. The molecule has 0 unspecified atom stereocenters. The molecule has 6 heteroatoms. The van der Waals surface area contributed by atoms with Gasteiger partial charge >= 0.3 is 5.97 Å². The van der Waals surface area contributed by atoms with Crippen molar-refractivity contribution in [2.24, 2.45) is 0 Å². The average Bonchev–Trinajstić information content (AvgIpc) is 2.58. The Morgan fingerprint density at radius 2 is 1.91 bits per heavy atom. The lowest BCUT2D eigenvalue weighted by Gasteiger charge is -2.09. The number of benzene rings is 2. The number of rotatable bonds is 3. The van der Waals surface area contributed by atoms with Crippen molar-refractivity contribution in [2.75, 3.05) is 7.11 Å². The number of pyridine rings is 1. The van der Waals surface area contributed by atoms with Crippen molar-refractivity contribution in [2.45, 2.75) is 0 Å². The number of methoxy groups -OCH3 is 1. The van der Waals surface area contributed by atoms with E-state index in [0.29, 0.717) is 22.2 Å². The summed E-state index contributed by atoms with van der Waals surface area (Å²) in [4.78, 5) is 15.2. The number of ether oxygens (including phenoxy) is 1. The summed E-state index contributed by atoms with van der Waals surface area (Å²) in [5.41, 5.74) is 1.16. The Labute approximate surface area is 136 Å². The van der Waals surface area contributed by atoms with Gasteiger partial charge in [-0.1, -0.05) is 23.7 Å². The summed E-state index contributed by atoms with van der Waals surface area (Å²) in [6.07, 6.45) is 0. The lowest BCUT2D eigenvalue weighted by atomic mass is 10.1. The number of aromatic carboxylic acids is 1. The van der Waals surface area contributed by atoms with E-state index in [4.69, 9.17) is 21.4 Å². The van der Waals surface area contributed by atoms with Gasteiger partial charge in [-0.15, -0.1) is 0 Å². The Balaban J connectivity index is 2.18. The van der Waals surface area contributed by atoms with E-state index in [1.807, 2.05) is 0 Å². The van der Waals surface area contributed by atoms with Crippen LogP contribution in [-0.2, 0) is 0 Å². The Morgan fingerprint density at radius 1 is 1.22 bits per heavy atom. The molecule has 0 bridgehead atoms. The van der Waals surface area contributed by atoms with E-state index < -0.39 is 11.8 Å². The molecule has 3 rings (SSSR count). The van der Waals surface area contributed by atoms with E-state index in [1.165, 1.54) is 31.4 Å². The highest BCUT2D eigenvalue weighted by Gasteiger charge is 2.16. The zero-order valence-corrected chi connectivity index (χ0v) is 12.8. The van der Waals surface area contributed by atoms with Gasteiger partial charge in [0, 0.05) is 10.9 Å². The smallest absolute Gasteiger partial charge is 0.335 e. The van der Waals surface area contributed by atoms with Crippen LogP contribution in [0.15, 0.2) is 42.5 Å². The Kier molecular flexibility index (Phi) is 3.88. The van der Waals surface area contributed by atoms with E-state index in [1.54, 1.807) is 18.2 Å². The predicted molar refractivity (Wildman–Crippen MR) is 85.7 cm³/mol. The van der Waals surface area contributed by atoms with Gasteiger partial charge in [0.15, 0.2) is 5.82 Å². The van der Waals surface area contributed by atoms with Gasteiger partial charge in [-0.25, -0.2) is 14.2 Å². The van der Waals surface area contributed by atoms with Gasteiger partial charge in [-0.3, -0.25) is 0 Å². The zero-order valence-electron chi connectivity index (χ0n) is 12.0. The number of aromatic nitrogens is 1. The molecular weight excluding hydrogens is 321 g/mol. The zero-order chi connectivity index (χ0) is 16.6. The van der Waals surface area contributed by atoms with Gasteiger partial charge in [0.1, 0.15) is 11.4 Å². The summed E-state index contributed by atoms with van der Waals surface area (Å²) in [6, 6.07) is 10.8. The molecule has 0 aliphatic rings. The third kappa shape index (κ3) is 2.71. The number of carboxylic acids is 1. The first-order chi connectivity index (χ1) is 11.0. The van der Waals surface area contributed by atoms with E-state index in [0.717, 1.165) is 0 Å². The molecule has 3 aromatic rings. The van der Waals surface area contributed by atoms with Crippen LogP contribution in [0.2, 0.25) is 5.02 Å². The molecule has 1 heterocycles. The van der Waals surface area contributed by atoms with Crippen LogP contribution in [0.1, 0.15) is 10.4 Å². The number of hydrogen-bond acceptors (Lipinski definition) is 3. The fraction of sp³-hybridized carbons (Fsp3) is 0.0588. The Bertz CT molecular complexity index is 910. The van der Waals surface area contributed by atoms with E-state index in [9.17, 15) is 9.18 Å². The second-order valence-electron chi connectivity index (χ2n) is 4.85. The highest BCUT2D eigenvalue weighted by atomic mass is 35.5. The first-order valence-corrected chi connectivity index (χ1v) is 7.05. The maximum atomic E-state index is 14.6. The summed E-state index contributed by atoms with van der Waals surface area (Å²) in [7, 11) is 1.51. The van der Waals surface area contributed by atoms with Crippen molar-refractivity contribution in [3.05, 3.63) is 58.9 Å². The summed E-state index contributed by atoms with van der Waals surface area (Å²) < 4.78 is 19.7. The van der Waals surface area contributed by atoms with Crippen molar-refractivity contribution < 1.29 is 19.0 Å². The van der Waals surface area contributed by atoms with E-state index in [-0.39, 0.29) is 16.3 Å². The molecule has 2 aromatic carbocycles. The second-order valence-corrected chi connectivity index (χ2v) is 5.23. The van der Waals surface area contributed by atoms with Crippen molar-refractivity contribution in [3.8, 4) is 17.0 Å². The van der Waals surface area contributed by atoms with Crippen LogP contribution < -0.4 is 4.74 Å². The molecule has 0 fully saturated rings. The number of nitrogens with zero attached hydrogens (tertiary/aromatic N) is 1. The minimum absolute atomic E-state index is 0.0498. The maximum absolute atomic E-state index is 14.6. The number of halogens is 2. The molecule has 0 radical (unpaired) electrons. The van der Waals surface area contributed by atoms with Gasteiger partial charge in [0.25, 0.3) is 0 Å². The molecule has 1 N–H and O–H groups in total. The molecule has 4 nitrogen and oxygen atoms in total. The van der Waals surface area contributed by atoms with Crippen molar-refractivity contribution >= 4 is 28.5 Å². The van der Waals surface area contributed by atoms with Crippen LogP contribution in [0.3, 0.4) is 0 Å². The Morgan fingerprint density at radius 3 is 2.52 bits per heavy atom. The number of carbonyl (C=O) groups is 1. The molecule has 0 amide bonds. The highest BCUT2D eigenvalue weighted by Crippen LogP contribution is 2.33. The van der Waals surface area contributed by atoms with Crippen molar-refractivity contribution in [1.82, 2.24) is 4.98 Å². The topological polar surface area (TPSA) is 59.4 Å². The van der Waals surface area contributed by atoms with Crippen LogP contribution in [0, 0.1) is 5.82 Å². The van der Waals surface area contributed by atoms with Gasteiger partial charge < -0.3 is 9.84 Å². The molecule has 116 valence electrons. The fourth-order valence-corrected chi connectivity index (χ4v) is 2.51. The molecule has 0 aliphatic heterocycles. The van der Waals surface area contributed by atoms with Crippen LogP contribution in [0.25, 0.3) is 22.2 Å². The molecule has 0 saturated heterocycles. The molecule has 23 heavy (non-hydrogen) atoms. The average molecular weight is 332 g/mol. The van der Waals surface area contributed by atoms with Gasteiger partial charge in [-0.05, 0) is 30.3 Å². The minimum Gasteiger partial charge on any atom is -0.497 e. The van der Waals surface area contributed by atoms with Crippen LogP contribution in [-0.4, -0.2) is 23.2 Å². The van der Waals surface area contributed by atoms with Crippen molar-refractivity contribution in [3.63, 3.8) is 0 Å². The number of fused-ring (bicyclic) bond motifs is 1. The molecular formula is C17H11ClFNO3. The summed E-state index contributed by atoms with van der Waals surface area (Å²) in [5.74, 6) is -1.15. The molecule has 0 aliphatic carbocycles. The van der Waals surface area contributed by atoms with Gasteiger partial charge in [-0.2, -0.15) is 0 Å². The van der Waals surface area contributed by atoms with Crippen LogP contribution in [0.5, 0.6) is 5.75 Å². The second kappa shape index (κ2) is 5.85. The predicted octanol–water partition coefficient (Wildman–Crippen LogP) is 4.40. The highest BCUT2D eigenvalue weighted by molar-refractivity contribution is 6.35. The molecule has 1 aromatic heterocycles. The quantitative estimate of drug-likeness (QED) is 0.772. The molecule has 0 saturated carbocycles. The number of hydrogen-bond donors (Lipinski definition) is 1. The van der Waals surface area contributed by atoms with E-state index >= 15 is 0 Å². The summed E-state index contributed by atoms with van der Waals surface area (Å²) in [5, 5.41) is 9.32. The van der Waals surface area contributed by atoms with Gasteiger partial charge in [0.05, 0.1) is 23.2 Å². The fourth-order valence-electron chi connectivity index (χ4n) is 2.27. The lowest BCUT2D eigenvalue weighted by molar-refractivity contribution is 0.0697. The van der Waals surface area contributed by atoms with Gasteiger partial charge in [0.2, 0.25) is 0 Å². The first-order valence-electron chi connectivity index (χ1n) is 6.67.